The quantitative estimate of drug-likeness (QED) is 0.624. The minimum atomic E-state index is -1.65. The molecule has 0 aromatic heterocycles. The molecule has 0 aliphatic carbocycles. The highest BCUT2D eigenvalue weighted by Crippen LogP contribution is 2.34. The van der Waals surface area contributed by atoms with Crippen molar-refractivity contribution in [1.82, 2.24) is 4.90 Å². The molecule has 0 spiro atoms. The Morgan fingerprint density at radius 2 is 1.60 bits per heavy atom. The molecule has 0 radical (unpaired) electrons. The summed E-state index contributed by atoms with van der Waals surface area (Å²) < 4.78 is 12.6. The van der Waals surface area contributed by atoms with Crippen LogP contribution in [0.2, 0.25) is 39.3 Å². The van der Waals surface area contributed by atoms with Gasteiger partial charge in [0.1, 0.15) is 0 Å². The van der Waals surface area contributed by atoms with Gasteiger partial charge in [0.2, 0.25) is 0 Å². The maximum atomic E-state index is 7.03. The fourth-order valence-electron chi connectivity index (χ4n) is 3.63. The lowest BCUT2D eigenvalue weighted by Crippen LogP contribution is -2.64. The molecule has 0 bridgehead atoms. The summed E-state index contributed by atoms with van der Waals surface area (Å²) in [6, 6.07) is 10.9. The molecule has 3 nitrogen and oxygen atoms in total. The highest BCUT2D eigenvalue weighted by molar-refractivity contribution is 6.80. The van der Waals surface area contributed by atoms with Crippen molar-refractivity contribution in [3.63, 3.8) is 0 Å². The average Bonchev–Trinajstić information content (AvgIpc) is 2.52. The van der Waals surface area contributed by atoms with Gasteiger partial charge in [-0.2, -0.15) is 0 Å². The molecule has 0 saturated carbocycles. The fourth-order valence-corrected chi connectivity index (χ4v) is 8.68. The van der Waals surface area contributed by atoms with Crippen LogP contribution in [0.5, 0.6) is 0 Å². The van der Waals surface area contributed by atoms with Gasteiger partial charge >= 0.3 is 0 Å². The van der Waals surface area contributed by atoms with Crippen LogP contribution in [0.1, 0.15) is 12.0 Å². The van der Waals surface area contributed by atoms with Crippen LogP contribution in [-0.2, 0) is 15.6 Å². The number of ether oxygens (including phenoxy) is 1. The predicted octanol–water partition coefficient (Wildman–Crippen LogP) is 4.42. The minimum absolute atomic E-state index is 0.00462. The van der Waals surface area contributed by atoms with E-state index in [0.717, 1.165) is 45.7 Å². The minimum Gasteiger partial charge on any atom is -0.414 e. The normalized spacial score (nSPS) is 19.6. The summed E-state index contributed by atoms with van der Waals surface area (Å²) in [6.45, 7) is 19.3. The highest BCUT2D eigenvalue weighted by Gasteiger charge is 2.47. The van der Waals surface area contributed by atoms with Crippen LogP contribution in [-0.4, -0.2) is 59.4 Å². The SMILES string of the molecule is C[Si](C)(C)O[C@](CCc1ccccc1)(CN1CCOCC1)[Si](C)(C)C. The molecule has 0 N–H and O–H groups in total. The Bertz CT molecular complexity index is 519. The van der Waals surface area contributed by atoms with Crippen molar-refractivity contribution >= 4 is 16.4 Å². The van der Waals surface area contributed by atoms with E-state index in [-0.39, 0.29) is 5.22 Å². The van der Waals surface area contributed by atoms with Crippen molar-refractivity contribution in [2.45, 2.75) is 57.3 Å². The molecule has 142 valence electrons. The Morgan fingerprint density at radius 3 is 2.12 bits per heavy atom. The van der Waals surface area contributed by atoms with Crippen molar-refractivity contribution in [1.29, 1.82) is 0 Å². The number of aryl methyl sites for hydroxylation is 1. The first-order valence-corrected chi connectivity index (χ1v) is 16.6. The molecular formula is C20H37NO2Si2. The molecule has 1 saturated heterocycles. The van der Waals surface area contributed by atoms with Gasteiger partial charge in [0.15, 0.2) is 8.32 Å². The number of morpholine rings is 1. The standard InChI is InChI=1S/C20H37NO2Si2/c1-24(2,3)20(23-25(4,5)6,18-21-14-16-22-17-15-21)13-12-19-10-8-7-9-11-19/h7-11H,12-18H2,1-6H3/t20-/m0/s1. The molecule has 1 atom stereocenters. The van der Waals surface area contributed by atoms with Gasteiger partial charge in [-0.05, 0) is 38.0 Å². The van der Waals surface area contributed by atoms with E-state index in [0.29, 0.717) is 0 Å². The summed E-state index contributed by atoms with van der Waals surface area (Å²) in [5, 5.41) is 0.00462. The van der Waals surface area contributed by atoms with E-state index >= 15 is 0 Å². The van der Waals surface area contributed by atoms with Crippen LogP contribution < -0.4 is 0 Å². The largest absolute Gasteiger partial charge is 0.414 e. The van der Waals surface area contributed by atoms with Crippen LogP contribution >= 0.6 is 0 Å². The average molecular weight is 380 g/mol. The predicted molar refractivity (Wildman–Crippen MR) is 113 cm³/mol. The van der Waals surface area contributed by atoms with E-state index in [1.165, 1.54) is 5.56 Å². The Labute approximate surface area is 156 Å². The van der Waals surface area contributed by atoms with Crippen molar-refractivity contribution in [3.05, 3.63) is 35.9 Å². The molecule has 0 amide bonds. The van der Waals surface area contributed by atoms with Crippen LogP contribution in [0, 0.1) is 0 Å². The lowest BCUT2D eigenvalue weighted by Gasteiger charge is -2.50. The van der Waals surface area contributed by atoms with E-state index in [1.807, 2.05) is 0 Å². The third kappa shape index (κ3) is 6.33. The number of benzene rings is 1. The van der Waals surface area contributed by atoms with Crippen LogP contribution in [0.15, 0.2) is 30.3 Å². The third-order valence-corrected chi connectivity index (χ3v) is 9.56. The molecule has 1 aliphatic heterocycles. The number of rotatable bonds is 8. The Morgan fingerprint density at radius 1 is 1.00 bits per heavy atom. The summed E-state index contributed by atoms with van der Waals surface area (Å²) in [4.78, 5) is 2.58. The zero-order chi connectivity index (χ0) is 18.6. The van der Waals surface area contributed by atoms with Crippen molar-refractivity contribution < 1.29 is 9.16 Å². The smallest absolute Gasteiger partial charge is 0.184 e. The summed E-state index contributed by atoms with van der Waals surface area (Å²) in [5.74, 6) is 0. The Balaban J connectivity index is 2.24. The van der Waals surface area contributed by atoms with Gasteiger partial charge in [-0.25, -0.2) is 0 Å². The van der Waals surface area contributed by atoms with Crippen LogP contribution in [0.3, 0.4) is 0 Å². The molecule has 1 aromatic rings. The van der Waals surface area contributed by atoms with Gasteiger partial charge in [0.05, 0.1) is 26.5 Å². The molecular weight excluding hydrogens is 342 g/mol. The molecule has 0 unspecified atom stereocenters. The van der Waals surface area contributed by atoms with Crippen molar-refractivity contribution in [2.75, 3.05) is 32.8 Å². The lowest BCUT2D eigenvalue weighted by atomic mass is 10.1. The van der Waals surface area contributed by atoms with Gasteiger partial charge in [0.25, 0.3) is 0 Å². The first-order valence-electron chi connectivity index (χ1n) is 9.66. The number of hydrogen-bond acceptors (Lipinski definition) is 3. The fraction of sp³-hybridized carbons (Fsp3) is 0.700. The van der Waals surface area contributed by atoms with Crippen LogP contribution in [0.25, 0.3) is 0 Å². The van der Waals surface area contributed by atoms with E-state index in [2.05, 4.69) is 74.5 Å². The molecule has 1 fully saturated rings. The highest BCUT2D eigenvalue weighted by atomic mass is 28.4. The topological polar surface area (TPSA) is 21.7 Å². The first-order chi connectivity index (χ1) is 11.6. The number of nitrogens with zero attached hydrogens (tertiary/aromatic N) is 1. The summed E-state index contributed by atoms with van der Waals surface area (Å²) in [7, 11) is -3.20. The zero-order valence-corrected chi connectivity index (χ0v) is 19.1. The lowest BCUT2D eigenvalue weighted by molar-refractivity contribution is 0.00266. The third-order valence-electron chi connectivity index (χ3n) is 5.11. The van der Waals surface area contributed by atoms with Gasteiger partial charge in [-0.15, -0.1) is 0 Å². The van der Waals surface area contributed by atoms with Gasteiger partial charge in [-0.1, -0.05) is 50.0 Å². The van der Waals surface area contributed by atoms with Crippen molar-refractivity contribution in [3.8, 4) is 0 Å². The van der Waals surface area contributed by atoms with E-state index < -0.39 is 16.4 Å². The second-order valence-corrected chi connectivity index (χ2v) is 19.2. The molecule has 1 aromatic carbocycles. The van der Waals surface area contributed by atoms with E-state index in [9.17, 15) is 0 Å². The van der Waals surface area contributed by atoms with Crippen LogP contribution in [0.4, 0.5) is 0 Å². The van der Waals surface area contributed by atoms with E-state index in [1.54, 1.807) is 0 Å². The maximum absolute atomic E-state index is 7.03. The van der Waals surface area contributed by atoms with Gasteiger partial charge in [0, 0.05) is 19.6 Å². The Hall–Kier alpha value is -0.466. The van der Waals surface area contributed by atoms with Gasteiger partial charge < -0.3 is 9.16 Å². The first kappa shape index (κ1) is 20.8. The van der Waals surface area contributed by atoms with E-state index in [4.69, 9.17) is 9.16 Å². The second kappa shape index (κ2) is 8.48. The number of hydrogen-bond donors (Lipinski definition) is 0. The summed E-state index contributed by atoms with van der Waals surface area (Å²) in [6.07, 6.45) is 2.22. The molecule has 5 heteroatoms. The van der Waals surface area contributed by atoms with Gasteiger partial charge in [-0.3, -0.25) is 4.90 Å². The molecule has 2 rings (SSSR count). The Kier molecular flexibility index (Phi) is 7.07. The zero-order valence-electron chi connectivity index (χ0n) is 17.1. The maximum Gasteiger partial charge on any atom is 0.184 e. The molecule has 1 aliphatic rings. The molecule has 25 heavy (non-hydrogen) atoms. The monoisotopic (exact) mass is 379 g/mol. The second-order valence-electron chi connectivity index (χ2n) is 9.33. The summed E-state index contributed by atoms with van der Waals surface area (Å²) >= 11 is 0. The summed E-state index contributed by atoms with van der Waals surface area (Å²) in [5.41, 5.74) is 1.42. The van der Waals surface area contributed by atoms with Crippen molar-refractivity contribution in [2.24, 2.45) is 0 Å². The molecule has 1 heterocycles.